The third kappa shape index (κ3) is 5.35. The highest BCUT2D eigenvalue weighted by molar-refractivity contribution is 5.80. The van der Waals surface area contributed by atoms with Crippen LogP contribution in [0.3, 0.4) is 0 Å². The Kier molecular flexibility index (Phi) is 7.12. The van der Waals surface area contributed by atoms with Gasteiger partial charge in [0.25, 0.3) is 0 Å². The van der Waals surface area contributed by atoms with Crippen LogP contribution in [-0.4, -0.2) is 40.5 Å². The minimum Gasteiger partial charge on any atom is -0.481 e. The molecule has 6 nitrogen and oxygen atoms in total. The lowest BCUT2D eigenvalue weighted by Crippen LogP contribution is -2.42. The van der Waals surface area contributed by atoms with Gasteiger partial charge in [0.2, 0.25) is 11.8 Å². The van der Waals surface area contributed by atoms with E-state index in [2.05, 4.69) is 29.1 Å². The lowest BCUT2D eigenvalue weighted by molar-refractivity contribution is -0.138. The topological polar surface area (TPSA) is 67.3 Å². The van der Waals surface area contributed by atoms with Crippen LogP contribution in [0.25, 0.3) is 0 Å². The normalized spacial score (nSPS) is 22.7. The van der Waals surface area contributed by atoms with Crippen molar-refractivity contribution in [3.63, 3.8) is 0 Å². The maximum atomic E-state index is 13.5. The monoisotopic (exact) mass is 476 g/mol. The molecule has 0 spiro atoms. The number of amides is 1. The first-order valence-electron chi connectivity index (χ1n) is 11.7. The third-order valence-electron chi connectivity index (χ3n) is 7.07. The highest BCUT2D eigenvalue weighted by Crippen LogP contribution is 2.39. The van der Waals surface area contributed by atoms with Crippen LogP contribution < -0.4 is 10.1 Å². The number of fused-ring (bicyclic) bond motifs is 1. The number of methoxy groups -OCH3 is 1. The maximum absolute atomic E-state index is 13.5. The molecule has 184 valence electrons. The fourth-order valence-electron chi connectivity index (χ4n) is 5.16. The van der Waals surface area contributed by atoms with Crippen molar-refractivity contribution in [1.82, 2.24) is 20.2 Å². The second-order valence-corrected chi connectivity index (χ2v) is 9.61. The summed E-state index contributed by atoms with van der Waals surface area (Å²) < 4.78 is 44.5. The summed E-state index contributed by atoms with van der Waals surface area (Å²) >= 11 is 0. The van der Waals surface area contributed by atoms with Crippen LogP contribution in [0.5, 0.6) is 5.88 Å². The van der Waals surface area contributed by atoms with Crippen molar-refractivity contribution in [2.45, 2.75) is 58.4 Å². The quantitative estimate of drug-likeness (QED) is 0.676. The van der Waals surface area contributed by atoms with Crippen molar-refractivity contribution in [3.05, 3.63) is 53.0 Å². The van der Waals surface area contributed by atoms with E-state index in [1.807, 2.05) is 12.1 Å². The summed E-state index contributed by atoms with van der Waals surface area (Å²) in [7, 11) is 1.58. The van der Waals surface area contributed by atoms with Gasteiger partial charge in [-0.1, -0.05) is 19.9 Å². The number of hydrogen-bond donors (Lipinski definition) is 1. The molecule has 0 saturated heterocycles. The predicted octanol–water partition coefficient (Wildman–Crippen LogP) is 4.23. The van der Waals surface area contributed by atoms with E-state index in [-0.39, 0.29) is 30.3 Å². The van der Waals surface area contributed by atoms with Crippen LogP contribution in [0.4, 0.5) is 13.2 Å². The minimum absolute atomic E-state index is 0.0391. The number of hydrogen-bond acceptors (Lipinski definition) is 5. The zero-order valence-corrected chi connectivity index (χ0v) is 19.7. The van der Waals surface area contributed by atoms with Gasteiger partial charge in [-0.2, -0.15) is 13.2 Å². The summed E-state index contributed by atoms with van der Waals surface area (Å²) in [4.78, 5) is 23.5. The number of carbonyl (C=O) groups excluding carboxylic acids is 1. The van der Waals surface area contributed by atoms with E-state index in [1.54, 1.807) is 18.2 Å². The number of carbonyl (C=O) groups is 1. The molecule has 3 atom stereocenters. The molecular weight excluding hydrogens is 445 g/mol. The Morgan fingerprint density at radius 1 is 1.24 bits per heavy atom. The molecule has 1 aliphatic heterocycles. The van der Waals surface area contributed by atoms with Gasteiger partial charge in [-0.3, -0.25) is 9.78 Å². The molecule has 0 aromatic carbocycles. The average Bonchev–Trinajstić information content (AvgIpc) is 3.26. The molecule has 4 rings (SSSR count). The summed E-state index contributed by atoms with van der Waals surface area (Å²) in [5, 5.41) is 3.56. The predicted molar refractivity (Wildman–Crippen MR) is 121 cm³/mol. The Bertz CT molecular complexity index is 1010. The van der Waals surface area contributed by atoms with E-state index >= 15 is 0 Å². The second kappa shape index (κ2) is 9.90. The van der Waals surface area contributed by atoms with Gasteiger partial charge in [-0.05, 0) is 41.9 Å². The van der Waals surface area contributed by atoms with Gasteiger partial charge in [0.1, 0.15) is 0 Å². The zero-order chi connectivity index (χ0) is 24.5. The number of nitrogens with zero attached hydrogens (tertiary/aromatic N) is 3. The fraction of sp³-hybridized carbons (Fsp3) is 0.560. The molecule has 3 heterocycles. The molecule has 0 bridgehead atoms. The third-order valence-corrected chi connectivity index (χ3v) is 7.07. The molecule has 1 saturated carbocycles. The first-order chi connectivity index (χ1) is 16.2. The Balaban J connectivity index is 1.42. The smallest absolute Gasteiger partial charge is 0.417 e. The van der Waals surface area contributed by atoms with Crippen molar-refractivity contribution >= 4 is 5.91 Å². The first-order valence-corrected chi connectivity index (χ1v) is 11.7. The van der Waals surface area contributed by atoms with Gasteiger partial charge in [-0.15, -0.1) is 0 Å². The summed E-state index contributed by atoms with van der Waals surface area (Å²) in [6.45, 7) is 5.58. The second-order valence-electron chi connectivity index (χ2n) is 9.61. The lowest BCUT2D eigenvalue weighted by Gasteiger charge is -2.33. The van der Waals surface area contributed by atoms with Crippen LogP contribution in [0, 0.1) is 17.8 Å². The van der Waals surface area contributed by atoms with Gasteiger partial charge < -0.3 is 15.0 Å². The molecule has 1 aliphatic carbocycles. The van der Waals surface area contributed by atoms with Crippen LogP contribution in [0.2, 0.25) is 0 Å². The van der Waals surface area contributed by atoms with Crippen LogP contribution in [0.1, 0.15) is 49.1 Å². The number of alkyl halides is 3. The van der Waals surface area contributed by atoms with Crippen LogP contribution in [-0.2, 0) is 30.5 Å². The summed E-state index contributed by atoms with van der Waals surface area (Å²) in [5.41, 5.74) is 1.42. The minimum atomic E-state index is -4.44. The lowest BCUT2D eigenvalue weighted by atomic mass is 9.85. The largest absolute Gasteiger partial charge is 0.481 e. The summed E-state index contributed by atoms with van der Waals surface area (Å²) in [6.07, 6.45) is 0.303. The molecular formula is C25H31F3N4O2. The van der Waals surface area contributed by atoms with E-state index in [0.717, 1.165) is 30.7 Å². The molecule has 1 unspecified atom stereocenters. The Morgan fingerprint density at radius 3 is 2.68 bits per heavy atom. The van der Waals surface area contributed by atoms with Crippen molar-refractivity contribution in [1.29, 1.82) is 0 Å². The number of nitrogens with one attached hydrogen (secondary N) is 1. The summed E-state index contributed by atoms with van der Waals surface area (Å²) in [6, 6.07) is 5.12. The van der Waals surface area contributed by atoms with Gasteiger partial charge in [0, 0.05) is 62.2 Å². The van der Waals surface area contributed by atoms with Crippen molar-refractivity contribution < 1.29 is 22.7 Å². The van der Waals surface area contributed by atoms with E-state index in [1.165, 1.54) is 0 Å². The standard InChI is InChI=1S/C25H31F3N4O2/c1-15(2)20-9-19(29-11-16-4-5-23(34-3)31-12-16)10-21(20)24(33)32-7-6-22-17(14-32)8-18(13-30-22)25(26,27)28/h4-5,8,12-13,15,19-21,29H,6-7,9-11,14H2,1-3H3/t19-,20?,21-/m1/s1. The number of halogens is 3. The first kappa shape index (κ1) is 24.4. The SMILES string of the molecule is COc1ccc(CN[C@@H]2CC(C(C)C)[C@H](C(=O)N3CCc4ncc(C(F)(F)F)cc4C3)C2)cn1. The van der Waals surface area contributed by atoms with Crippen molar-refractivity contribution in [2.75, 3.05) is 13.7 Å². The Labute approximate surface area is 197 Å². The molecule has 1 fully saturated rings. The van der Waals surface area contributed by atoms with E-state index in [9.17, 15) is 18.0 Å². The molecule has 2 aliphatic rings. The van der Waals surface area contributed by atoms with Crippen molar-refractivity contribution in [2.24, 2.45) is 17.8 Å². The van der Waals surface area contributed by atoms with Gasteiger partial charge in [0.15, 0.2) is 0 Å². The number of aromatic nitrogens is 2. The molecule has 1 N–H and O–H groups in total. The highest BCUT2D eigenvalue weighted by Gasteiger charge is 2.42. The summed E-state index contributed by atoms with van der Waals surface area (Å²) in [5.74, 6) is 1.01. The number of pyridine rings is 2. The molecule has 2 aromatic heterocycles. The number of rotatable bonds is 6. The number of ether oxygens (including phenoxy) is 1. The maximum Gasteiger partial charge on any atom is 0.417 e. The molecule has 34 heavy (non-hydrogen) atoms. The van der Waals surface area contributed by atoms with E-state index in [4.69, 9.17) is 4.74 Å². The van der Waals surface area contributed by atoms with Gasteiger partial charge in [0.05, 0.1) is 12.7 Å². The van der Waals surface area contributed by atoms with Crippen LogP contribution in [0.15, 0.2) is 30.6 Å². The average molecular weight is 477 g/mol. The molecule has 0 radical (unpaired) electrons. The highest BCUT2D eigenvalue weighted by atomic mass is 19.4. The van der Waals surface area contributed by atoms with Crippen molar-refractivity contribution in [3.8, 4) is 5.88 Å². The van der Waals surface area contributed by atoms with Gasteiger partial charge in [-0.25, -0.2) is 4.98 Å². The van der Waals surface area contributed by atoms with Gasteiger partial charge >= 0.3 is 6.18 Å². The van der Waals surface area contributed by atoms with Crippen LogP contribution >= 0.6 is 0 Å². The van der Waals surface area contributed by atoms with E-state index < -0.39 is 11.7 Å². The molecule has 1 amide bonds. The molecule has 2 aromatic rings. The fourth-order valence-corrected chi connectivity index (χ4v) is 5.16. The molecule has 9 heteroatoms. The van der Waals surface area contributed by atoms with E-state index in [0.29, 0.717) is 42.6 Å². The Morgan fingerprint density at radius 2 is 2.03 bits per heavy atom. The Hall–Kier alpha value is -2.68. The zero-order valence-electron chi connectivity index (χ0n) is 19.7.